The maximum absolute atomic E-state index is 14.1. The molecule has 1 aromatic carbocycles. The fourth-order valence-electron chi connectivity index (χ4n) is 2.10. The summed E-state index contributed by atoms with van der Waals surface area (Å²) < 4.78 is 14.1. The van der Waals surface area contributed by atoms with Crippen molar-refractivity contribution in [1.29, 1.82) is 0 Å². The lowest BCUT2D eigenvalue weighted by molar-refractivity contribution is 0.554. The quantitative estimate of drug-likeness (QED) is 0.640. The molecule has 0 amide bonds. The van der Waals surface area contributed by atoms with Crippen LogP contribution in [0.1, 0.15) is 28.3 Å². The van der Waals surface area contributed by atoms with Gasteiger partial charge in [0.25, 0.3) is 0 Å². The van der Waals surface area contributed by atoms with E-state index in [1.54, 1.807) is 12.4 Å². The van der Waals surface area contributed by atoms with E-state index in [4.69, 9.17) is 5.84 Å². The minimum Gasteiger partial charge on any atom is -0.271 e. The van der Waals surface area contributed by atoms with Gasteiger partial charge >= 0.3 is 0 Å². The van der Waals surface area contributed by atoms with Gasteiger partial charge in [-0.3, -0.25) is 5.84 Å². The Morgan fingerprint density at radius 3 is 2.44 bits per heavy atom. The third-order valence-electron chi connectivity index (χ3n) is 2.85. The number of nitrogens with one attached hydrogen (secondary N) is 1. The van der Waals surface area contributed by atoms with Crippen LogP contribution >= 0.6 is 0 Å². The Labute approximate surface area is 105 Å². The lowest BCUT2D eigenvalue weighted by Gasteiger charge is -2.19. The summed E-state index contributed by atoms with van der Waals surface area (Å²) in [5.41, 5.74) is 5.60. The zero-order chi connectivity index (χ0) is 13.1. The molecule has 4 nitrogen and oxygen atoms in total. The van der Waals surface area contributed by atoms with E-state index in [0.717, 1.165) is 16.7 Å². The molecule has 94 valence electrons. The average molecular weight is 246 g/mol. The van der Waals surface area contributed by atoms with Crippen LogP contribution in [0.2, 0.25) is 0 Å². The van der Waals surface area contributed by atoms with Gasteiger partial charge < -0.3 is 0 Å². The Kier molecular flexibility index (Phi) is 3.64. The molecule has 1 heterocycles. The molecular weight excluding hydrogens is 231 g/mol. The van der Waals surface area contributed by atoms with Crippen LogP contribution in [0.15, 0.2) is 30.9 Å². The highest BCUT2D eigenvalue weighted by atomic mass is 19.1. The van der Waals surface area contributed by atoms with E-state index in [0.29, 0.717) is 5.56 Å². The van der Waals surface area contributed by atoms with Gasteiger partial charge in [0.2, 0.25) is 0 Å². The van der Waals surface area contributed by atoms with Crippen LogP contribution in [0.3, 0.4) is 0 Å². The minimum atomic E-state index is -0.452. The van der Waals surface area contributed by atoms with Gasteiger partial charge in [-0.1, -0.05) is 6.07 Å². The van der Waals surface area contributed by atoms with E-state index in [9.17, 15) is 4.39 Å². The van der Waals surface area contributed by atoms with Gasteiger partial charge in [-0.15, -0.1) is 0 Å². The zero-order valence-corrected chi connectivity index (χ0v) is 10.3. The molecule has 0 aliphatic heterocycles. The van der Waals surface area contributed by atoms with E-state index < -0.39 is 6.04 Å². The van der Waals surface area contributed by atoms with Crippen LogP contribution in [-0.2, 0) is 0 Å². The van der Waals surface area contributed by atoms with E-state index in [1.165, 1.54) is 12.4 Å². The lowest BCUT2D eigenvalue weighted by atomic mass is 9.95. The fraction of sp³-hybridized carbons (Fsp3) is 0.231. The molecule has 0 spiro atoms. The Bertz CT molecular complexity index is 519. The largest absolute Gasteiger partial charge is 0.271 e. The van der Waals surface area contributed by atoms with Gasteiger partial charge in [-0.2, -0.15) is 0 Å². The number of aryl methyl sites for hydroxylation is 2. The van der Waals surface area contributed by atoms with Crippen LogP contribution in [0.4, 0.5) is 4.39 Å². The number of nitrogens with zero attached hydrogens (tertiary/aromatic N) is 2. The summed E-state index contributed by atoms with van der Waals surface area (Å²) in [4.78, 5) is 7.85. The summed E-state index contributed by atoms with van der Waals surface area (Å²) in [7, 11) is 0. The SMILES string of the molecule is Cc1cc(C)c(C(NN)c2cncnc2)c(F)c1. The van der Waals surface area contributed by atoms with Crippen molar-refractivity contribution < 1.29 is 4.39 Å². The van der Waals surface area contributed by atoms with Crippen LogP contribution in [-0.4, -0.2) is 9.97 Å². The monoisotopic (exact) mass is 246 g/mol. The molecule has 18 heavy (non-hydrogen) atoms. The van der Waals surface area contributed by atoms with Crippen molar-refractivity contribution in [3.8, 4) is 0 Å². The summed E-state index contributed by atoms with van der Waals surface area (Å²) in [6.07, 6.45) is 4.67. The van der Waals surface area contributed by atoms with Crippen LogP contribution in [0, 0.1) is 19.7 Å². The maximum atomic E-state index is 14.1. The molecule has 0 aliphatic rings. The fourth-order valence-corrected chi connectivity index (χ4v) is 2.10. The molecule has 0 saturated carbocycles. The third kappa shape index (κ3) is 2.37. The number of aromatic nitrogens is 2. The van der Waals surface area contributed by atoms with Crippen molar-refractivity contribution in [3.05, 3.63) is 58.9 Å². The number of benzene rings is 1. The lowest BCUT2D eigenvalue weighted by Crippen LogP contribution is -2.30. The summed E-state index contributed by atoms with van der Waals surface area (Å²) in [6, 6.07) is 2.97. The summed E-state index contributed by atoms with van der Waals surface area (Å²) in [5.74, 6) is 5.26. The molecule has 1 aromatic heterocycles. The molecule has 0 bridgehead atoms. The van der Waals surface area contributed by atoms with Crippen LogP contribution in [0.25, 0.3) is 0 Å². The summed E-state index contributed by atoms with van der Waals surface area (Å²) in [5, 5.41) is 0. The van der Waals surface area contributed by atoms with Crippen molar-refractivity contribution in [2.24, 2.45) is 5.84 Å². The minimum absolute atomic E-state index is 0.278. The smallest absolute Gasteiger partial charge is 0.128 e. The van der Waals surface area contributed by atoms with Gasteiger partial charge in [0.15, 0.2) is 0 Å². The first-order valence-corrected chi connectivity index (χ1v) is 5.61. The number of hydrogen-bond donors (Lipinski definition) is 2. The first-order valence-electron chi connectivity index (χ1n) is 5.61. The number of rotatable bonds is 3. The first kappa shape index (κ1) is 12.6. The standard InChI is InChI=1S/C13H15FN4/c1-8-3-9(2)12(11(14)4-8)13(18-15)10-5-16-7-17-6-10/h3-7,13,18H,15H2,1-2H3. The second-order valence-electron chi connectivity index (χ2n) is 4.25. The predicted octanol–water partition coefficient (Wildman–Crippen LogP) is 1.79. The van der Waals surface area contributed by atoms with E-state index in [2.05, 4.69) is 15.4 Å². The second-order valence-corrected chi connectivity index (χ2v) is 4.25. The molecule has 0 saturated heterocycles. The first-order chi connectivity index (χ1) is 8.63. The van der Waals surface area contributed by atoms with Crippen molar-refractivity contribution in [2.45, 2.75) is 19.9 Å². The maximum Gasteiger partial charge on any atom is 0.128 e. The molecular formula is C13H15FN4. The Morgan fingerprint density at radius 1 is 1.22 bits per heavy atom. The predicted molar refractivity (Wildman–Crippen MR) is 67.1 cm³/mol. The summed E-state index contributed by atoms with van der Waals surface area (Å²) >= 11 is 0. The van der Waals surface area contributed by atoms with Crippen molar-refractivity contribution in [1.82, 2.24) is 15.4 Å². The molecule has 3 N–H and O–H groups in total. The molecule has 0 fully saturated rings. The summed E-state index contributed by atoms with van der Waals surface area (Å²) in [6.45, 7) is 3.72. The Balaban J connectivity index is 2.52. The highest BCUT2D eigenvalue weighted by Crippen LogP contribution is 2.26. The van der Waals surface area contributed by atoms with E-state index in [-0.39, 0.29) is 5.82 Å². The van der Waals surface area contributed by atoms with Crippen molar-refractivity contribution in [2.75, 3.05) is 0 Å². The Hall–Kier alpha value is -1.85. The number of nitrogens with two attached hydrogens (primary N) is 1. The van der Waals surface area contributed by atoms with Gasteiger partial charge in [0.05, 0.1) is 6.04 Å². The van der Waals surface area contributed by atoms with Gasteiger partial charge in [-0.05, 0) is 31.0 Å². The van der Waals surface area contributed by atoms with Crippen LogP contribution in [0.5, 0.6) is 0 Å². The molecule has 2 rings (SSSR count). The molecule has 5 heteroatoms. The van der Waals surface area contributed by atoms with E-state index >= 15 is 0 Å². The van der Waals surface area contributed by atoms with Crippen molar-refractivity contribution >= 4 is 0 Å². The molecule has 1 unspecified atom stereocenters. The number of hydrazine groups is 1. The van der Waals surface area contributed by atoms with Crippen LogP contribution < -0.4 is 11.3 Å². The topological polar surface area (TPSA) is 63.8 Å². The van der Waals surface area contributed by atoms with Crippen molar-refractivity contribution in [3.63, 3.8) is 0 Å². The number of hydrogen-bond acceptors (Lipinski definition) is 4. The highest BCUT2D eigenvalue weighted by molar-refractivity contribution is 5.38. The molecule has 2 aromatic rings. The van der Waals surface area contributed by atoms with Gasteiger partial charge in [0, 0.05) is 23.5 Å². The Morgan fingerprint density at radius 2 is 1.89 bits per heavy atom. The highest BCUT2D eigenvalue weighted by Gasteiger charge is 2.19. The van der Waals surface area contributed by atoms with Gasteiger partial charge in [-0.25, -0.2) is 19.8 Å². The normalized spacial score (nSPS) is 12.4. The van der Waals surface area contributed by atoms with Gasteiger partial charge in [0.1, 0.15) is 12.1 Å². The van der Waals surface area contributed by atoms with E-state index in [1.807, 2.05) is 19.9 Å². The zero-order valence-electron chi connectivity index (χ0n) is 10.3. The third-order valence-corrected chi connectivity index (χ3v) is 2.85. The second kappa shape index (κ2) is 5.20. The number of halogens is 1. The average Bonchev–Trinajstić information content (AvgIpc) is 2.34. The molecule has 0 aliphatic carbocycles. The molecule has 0 radical (unpaired) electrons. The molecule has 1 atom stereocenters.